The number of rotatable bonds is 4. The summed E-state index contributed by atoms with van der Waals surface area (Å²) >= 11 is 0. The number of carbonyl (C=O) groups excluding carboxylic acids is 1. The van der Waals surface area contributed by atoms with E-state index < -0.39 is 17.9 Å². The zero-order valence-electron chi connectivity index (χ0n) is 14.0. The lowest BCUT2D eigenvalue weighted by Gasteiger charge is -2.20. The van der Waals surface area contributed by atoms with Crippen LogP contribution in [0.25, 0.3) is 0 Å². The maximum Gasteiger partial charge on any atom is 0.320 e. The molecule has 0 aliphatic rings. The Kier molecular flexibility index (Phi) is 4.79. The van der Waals surface area contributed by atoms with E-state index in [1.165, 1.54) is 6.07 Å². The van der Waals surface area contributed by atoms with Crippen LogP contribution in [0.5, 0.6) is 0 Å². The number of halogens is 1. The Morgan fingerprint density at radius 1 is 1.16 bits per heavy atom. The third kappa shape index (κ3) is 3.85. The van der Waals surface area contributed by atoms with Crippen molar-refractivity contribution < 1.29 is 9.18 Å². The minimum Gasteiger partial charge on any atom is -0.336 e. The molecular formula is C19H19FN4O. The number of hydrogen-bond donors (Lipinski definition) is 2. The van der Waals surface area contributed by atoms with Crippen molar-refractivity contribution in [3.63, 3.8) is 0 Å². The fourth-order valence-corrected chi connectivity index (χ4v) is 2.58. The summed E-state index contributed by atoms with van der Waals surface area (Å²) in [5, 5.41) is 5.57. The van der Waals surface area contributed by atoms with E-state index in [-0.39, 0.29) is 0 Å². The maximum absolute atomic E-state index is 14.3. The molecule has 2 N–H and O–H groups in total. The predicted molar refractivity (Wildman–Crippen MR) is 94.8 cm³/mol. The van der Waals surface area contributed by atoms with Gasteiger partial charge in [-0.15, -0.1) is 0 Å². The molecule has 2 aromatic carbocycles. The molecule has 0 unspecified atom stereocenters. The van der Waals surface area contributed by atoms with Crippen molar-refractivity contribution in [1.82, 2.24) is 14.9 Å². The minimum atomic E-state index is -0.702. The van der Waals surface area contributed by atoms with Gasteiger partial charge in [0, 0.05) is 30.7 Å². The zero-order valence-corrected chi connectivity index (χ0v) is 14.0. The van der Waals surface area contributed by atoms with E-state index in [0.717, 1.165) is 5.56 Å². The van der Waals surface area contributed by atoms with Crippen molar-refractivity contribution in [2.75, 3.05) is 5.32 Å². The lowest BCUT2D eigenvalue weighted by molar-refractivity contribution is 0.249. The summed E-state index contributed by atoms with van der Waals surface area (Å²) in [6, 6.07) is 12.7. The summed E-state index contributed by atoms with van der Waals surface area (Å²) in [6.07, 6.45) is 3.37. The first kappa shape index (κ1) is 16.7. The van der Waals surface area contributed by atoms with Gasteiger partial charge in [-0.25, -0.2) is 14.2 Å². The summed E-state index contributed by atoms with van der Waals surface area (Å²) in [5.41, 5.74) is 2.12. The molecule has 0 bridgehead atoms. The fourth-order valence-electron chi connectivity index (χ4n) is 2.58. The largest absolute Gasteiger partial charge is 0.336 e. The topological polar surface area (TPSA) is 59.0 Å². The number of benzene rings is 2. The van der Waals surface area contributed by atoms with Crippen molar-refractivity contribution in [3.05, 3.63) is 83.7 Å². The van der Waals surface area contributed by atoms with Gasteiger partial charge in [0.25, 0.3) is 0 Å². The predicted octanol–water partition coefficient (Wildman–Crippen LogP) is 3.78. The second-order valence-corrected chi connectivity index (χ2v) is 5.82. The molecule has 1 aromatic heterocycles. The van der Waals surface area contributed by atoms with Crippen LogP contribution in [0.4, 0.5) is 14.9 Å². The zero-order chi connectivity index (χ0) is 17.8. The number of imidazole rings is 1. The van der Waals surface area contributed by atoms with E-state index in [1.807, 2.05) is 31.2 Å². The van der Waals surface area contributed by atoms with Gasteiger partial charge in [-0.3, -0.25) is 0 Å². The molecule has 0 saturated carbocycles. The molecule has 3 aromatic rings. The first-order chi connectivity index (χ1) is 12.0. The molecule has 128 valence electrons. The molecule has 5 nitrogen and oxygen atoms in total. The van der Waals surface area contributed by atoms with Crippen molar-refractivity contribution in [3.8, 4) is 0 Å². The monoisotopic (exact) mass is 338 g/mol. The SMILES string of the molecule is Cc1ccc(NC(=O)N[C@@H](c2ccccc2F)c2nccn2C)cc1. The van der Waals surface area contributed by atoms with Gasteiger partial charge in [0.1, 0.15) is 17.7 Å². The Morgan fingerprint density at radius 3 is 2.52 bits per heavy atom. The van der Waals surface area contributed by atoms with Crippen LogP contribution >= 0.6 is 0 Å². The summed E-state index contributed by atoms with van der Waals surface area (Å²) in [6.45, 7) is 1.97. The molecule has 0 fully saturated rings. The summed E-state index contributed by atoms with van der Waals surface area (Å²) in [4.78, 5) is 16.7. The average molecular weight is 338 g/mol. The number of amides is 2. The lowest BCUT2D eigenvalue weighted by atomic mass is 10.1. The number of aromatic nitrogens is 2. The summed E-state index contributed by atoms with van der Waals surface area (Å²) < 4.78 is 16.0. The van der Waals surface area contributed by atoms with Gasteiger partial charge < -0.3 is 15.2 Å². The number of aryl methyl sites for hydroxylation is 2. The Bertz CT molecular complexity index is 873. The molecule has 25 heavy (non-hydrogen) atoms. The molecule has 0 aliphatic heterocycles. The second-order valence-electron chi connectivity index (χ2n) is 5.82. The van der Waals surface area contributed by atoms with Crippen LogP contribution in [0.1, 0.15) is 23.0 Å². The molecule has 1 atom stereocenters. The van der Waals surface area contributed by atoms with Gasteiger partial charge in [-0.05, 0) is 25.1 Å². The van der Waals surface area contributed by atoms with E-state index in [4.69, 9.17) is 0 Å². The Hall–Kier alpha value is -3.15. The van der Waals surface area contributed by atoms with Gasteiger partial charge in [0.15, 0.2) is 0 Å². The molecule has 0 radical (unpaired) electrons. The van der Waals surface area contributed by atoms with Crippen LogP contribution in [0.15, 0.2) is 60.9 Å². The molecule has 1 heterocycles. The van der Waals surface area contributed by atoms with Crippen molar-refractivity contribution >= 4 is 11.7 Å². The summed E-state index contributed by atoms with van der Waals surface area (Å²) in [7, 11) is 1.80. The fraction of sp³-hybridized carbons (Fsp3) is 0.158. The standard InChI is InChI=1S/C19H19FN4O/c1-13-7-9-14(10-8-13)22-19(25)23-17(18-21-11-12-24(18)2)15-5-3-4-6-16(15)20/h3-12,17H,1-2H3,(H2,22,23,25)/t17-/m0/s1. The normalized spacial score (nSPS) is 11.8. The highest BCUT2D eigenvalue weighted by molar-refractivity contribution is 5.89. The quantitative estimate of drug-likeness (QED) is 0.760. The first-order valence-corrected chi connectivity index (χ1v) is 7.90. The number of urea groups is 1. The Morgan fingerprint density at radius 2 is 1.88 bits per heavy atom. The Labute approximate surface area is 145 Å². The van der Waals surface area contributed by atoms with Gasteiger partial charge >= 0.3 is 6.03 Å². The number of carbonyl (C=O) groups is 1. The van der Waals surface area contributed by atoms with Crippen LogP contribution in [-0.4, -0.2) is 15.6 Å². The van der Waals surface area contributed by atoms with Crippen molar-refractivity contribution in [1.29, 1.82) is 0 Å². The second kappa shape index (κ2) is 7.17. The number of anilines is 1. The highest BCUT2D eigenvalue weighted by Crippen LogP contribution is 2.23. The van der Waals surface area contributed by atoms with Crippen LogP contribution in [-0.2, 0) is 7.05 Å². The van der Waals surface area contributed by atoms with E-state index in [0.29, 0.717) is 17.1 Å². The lowest BCUT2D eigenvalue weighted by Crippen LogP contribution is -2.35. The molecule has 0 saturated heterocycles. The molecule has 6 heteroatoms. The van der Waals surface area contributed by atoms with E-state index in [2.05, 4.69) is 15.6 Å². The molecule has 3 rings (SSSR count). The third-order valence-electron chi connectivity index (χ3n) is 3.92. The minimum absolute atomic E-state index is 0.357. The molecular weight excluding hydrogens is 319 g/mol. The number of nitrogens with zero attached hydrogens (tertiary/aromatic N) is 2. The highest BCUT2D eigenvalue weighted by Gasteiger charge is 2.23. The molecule has 2 amide bonds. The van der Waals surface area contributed by atoms with E-state index in [9.17, 15) is 9.18 Å². The first-order valence-electron chi connectivity index (χ1n) is 7.90. The van der Waals surface area contributed by atoms with Crippen LogP contribution in [0.2, 0.25) is 0 Å². The Balaban J connectivity index is 1.85. The number of nitrogens with one attached hydrogen (secondary N) is 2. The van der Waals surface area contributed by atoms with Gasteiger partial charge in [0.05, 0.1) is 0 Å². The van der Waals surface area contributed by atoms with Crippen LogP contribution in [0.3, 0.4) is 0 Å². The van der Waals surface area contributed by atoms with Gasteiger partial charge in [-0.2, -0.15) is 0 Å². The van der Waals surface area contributed by atoms with Crippen LogP contribution < -0.4 is 10.6 Å². The van der Waals surface area contributed by atoms with Crippen LogP contribution in [0, 0.1) is 12.7 Å². The van der Waals surface area contributed by atoms with Gasteiger partial charge in [-0.1, -0.05) is 35.9 Å². The summed E-state index contributed by atoms with van der Waals surface area (Å²) in [5.74, 6) is 0.148. The number of hydrogen-bond acceptors (Lipinski definition) is 2. The molecule has 0 spiro atoms. The smallest absolute Gasteiger partial charge is 0.320 e. The molecule has 0 aliphatic carbocycles. The van der Waals surface area contributed by atoms with Crippen molar-refractivity contribution in [2.24, 2.45) is 7.05 Å². The third-order valence-corrected chi connectivity index (χ3v) is 3.92. The highest BCUT2D eigenvalue weighted by atomic mass is 19.1. The van der Waals surface area contributed by atoms with Gasteiger partial charge in [0.2, 0.25) is 0 Å². The maximum atomic E-state index is 14.3. The van der Waals surface area contributed by atoms with E-state index in [1.54, 1.807) is 42.2 Å². The van der Waals surface area contributed by atoms with E-state index >= 15 is 0 Å². The average Bonchev–Trinajstić information content (AvgIpc) is 3.01. The van der Waals surface area contributed by atoms with Crippen molar-refractivity contribution in [2.45, 2.75) is 13.0 Å².